The smallest absolute Gasteiger partial charge is 0.271 e. The maximum absolute atomic E-state index is 12.8. The van der Waals surface area contributed by atoms with Crippen molar-refractivity contribution in [3.8, 4) is 5.75 Å². The first-order chi connectivity index (χ1) is 12.0. The van der Waals surface area contributed by atoms with Crippen LogP contribution in [0.25, 0.3) is 0 Å². The number of rotatable bonds is 5. The Morgan fingerprint density at radius 3 is 2.64 bits per heavy atom. The lowest BCUT2D eigenvalue weighted by Crippen LogP contribution is -2.54. The molecule has 132 valence electrons. The molecule has 2 amide bonds. The number of nitrogens with one attached hydrogen (secondary N) is 1. The summed E-state index contributed by atoms with van der Waals surface area (Å²) in [5.74, 6) is 0.726. The zero-order chi connectivity index (χ0) is 18.0. The number of fused-ring (bicyclic) bond motifs is 1. The number of anilines is 1. The number of hydrogen-bond donors (Lipinski definition) is 1. The molecule has 1 aliphatic heterocycles. The Morgan fingerprint density at radius 2 is 2.00 bits per heavy atom. The number of benzene rings is 1. The van der Waals surface area contributed by atoms with Crippen LogP contribution < -0.4 is 10.1 Å². The summed E-state index contributed by atoms with van der Waals surface area (Å²) in [6.45, 7) is 5.09. The molecule has 1 aromatic heterocycles. The van der Waals surface area contributed by atoms with Crippen molar-refractivity contribution in [1.82, 2.24) is 9.47 Å². The summed E-state index contributed by atoms with van der Waals surface area (Å²) >= 11 is 0. The SMILES string of the molecule is COc1ccc(NC(=O)C2Cn3cccc3C(=O)N2CC(C)C)cc1. The van der Waals surface area contributed by atoms with Crippen LogP contribution in [0.1, 0.15) is 24.3 Å². The molecule has 6 heteroatoms. The Labute approximate surface area is 147 Å². The highest BCUT2D eigenvalue weighted by molar-refractivity contribution is 6.01. The topological polar surface area (TPSA) is 63.6 Å². The lowest BCUT2D eigenvalue weighted by atomic mass is 10.1. The summed E-state index contributed by atoms with van der Waals surface area (Å²) in [5.41, 5.74) is 1.31. The van der Waals surface area contributed by atoms with Gasteiger partial charge in [-0.3, -0.25) is 9.59 Å². The highest BCUT2D eigenvalue weighted by Gasteiger charge is 2.36. The Hall–Kier alpha value is -2.76. The molecule has 0 bridgehead atoms. The van der Waals surface area contributed by atoms with Gasteiger partial charge in [0.1, 0.15) is 17.5 Å². The molecule has 1 aromatic carbocycles. The normalized spacial score (nSPS) is 16.7. The minimum Gasteiger partial charge on any atom is -0.497 e. The average molecular weight is 341 g/mol. The lowest BCUT2D eigenvalue weighted by Gasteiger charge is -2.36. The second-order valence-corrected chi connectivity index (χ2v) is 6.63. The molecule has 1 N–H and O–H groups in total. The molecule has 0 saturated carbocycles. The van der Waals surface area contributed by atoms with Crippen LogP contribution in [0.3, 0.4) is 0 Å². The van der Waals surface area contributed by atoms with E-state index in [1.807, 2.05) is 30.7 Å². The quantitative estimate of drug-likeness (QED) is 0.909. The van der Waals surface area contributed by atoms with E-state index in [1.165, 1.54) is 0 Å². The van der Waals surface area contributed by atoms with Gasteiger partial charge in [-0.1, -0.05) is 13.8 Å². The Bertz CT molecular complexity index is 764. The van der Waals surface area contributed by atoms with Crippen LogP contribution in [0.5, 0.6) is 5.75 Å². The maximum Gasteiger partial charge on any atom is 0.271 e. The molecule has 6 nitrogen and oxygen atoms in total. The van der Waals surface area contributed by atoms with E-state index in [9.17, 15) is 9.59 Å². The summed E-state index contributed by atoms with van der Waals surface area (Å²) in [6, 6.07) is 10.3. The molecule has 2 heterocycles. The summed E-state index contributed by atoms with van der Waals surface area (Å²) < 4.78 is 6.97. The summed E-state index contributed by atoms with van der Waals surface area (Å²) in [7, 11) is 1.60. The van der Waals surface area contributed by atoms with Crippen molar-refractivity contribution in [1.29, 1.82) is 0 Å². The van der Waals surface area contributed by atoms with Crippen LogP contribution >= 0.6 is 0 Å². The molecule has 3 rings (SSSR count). The van der Waals surface area contributed by atoms with Crippen molar-refractivity contribution in [3.05, 3.63) is 48.3 Å². The monoisotopic (exact) mass is 341 g/mol. The van der Waals surface area contributed by atoms with Gasteiger partial charge in [0, 0.05) is 18.4 Å². The molecule has 1 unspecified atom stereocenters. The minimum atomic E-state index is -0.531. The molecule has 1 atom stereocenters. The third-order valence-corrected chi connectivity index (χ3v) is 4.28. The van der Waals surface area contributed by atoms with Crippen LogP contribution in [-0.4, -0.2) is 41.0 Å². The predicted molar refractivity (Wildman–Crippen MR) is 95.7 cm³/mol. The van der Waals surface area contributed by atoms with Crippen molar-refractivity contribution < 1.29 is 14.3 Å². The van der Waals surface area contributed by atoms with Crippen molar-refractivity contribution in [2.75, 3.05) is 19.0 Å². The van der Waals surface area contributed by atoms with Gasteiger partial charge in [-0.2, -0.15) is 0 Å². The first kappa shape index (κ1) is 17.1. The second kappa shape index (κ2) is 7.01. The fourth-order valence-electron chi connectivity index (χ4n) is 3.07. The molecule has 0 aliphatic carbocycles. The number of methoxy groups -OCH3 is 1. The van der Waals surface area contributed by atoms with E-state index in [4.69, 9.17) is 4.74 Å². The van der Waals surface area contributed by atoms with Crippen LogP contribution in [0.4, 0.5) is 5.69 Å². The van der Waals surface area contributed by atoms with Gasteiger partial charge in [0.15, 0.2) is 0 Å². The largest absolute Gasteiger partial charge is 0.497 e. The van der Waals surface area contributed by atoms with Crippen molar-refractivity contribution in [2.45, 2.75) is 26.4 Å². The lowest BCUT2D eigenvalue weighted by molar-refractivity contribution is -0.121. The van der Waals surface area contributed by atoms with Gasteiger partial charge in [0.05, 0.1) is 13.7 Å². The molecule has 25 heavy (non-hydrogen) atoms. The maximum atomic E-state index is 12.8. The van der Waals surface area contributed by atoms with E-state index in [1.54, 1.807) is 42.3 Å². The fourth-order valence-corrected chi connectivity index (χ4v) is 3.07. The first-order valence-electron chi connectivity index (χ1n) is 8.40. The standard InChI is InChI=1S/C19H23N3O3/c1-13(2)11-22-17(12-21-10-4-5-16(21)19(22)24)18(23)20-14-6-8-15(25-3)9-7-14/h4-10,13,17H,11-12H2,1-3H3,(H,20,23). The van der Waals surface area contributed by atoms with Gasteiger partial charge in [-0.25, -0.2) is 0 Å². The Balaban J connectivity index is 1.81. The number of carbonyl (C=O) groups is 2. The first-order valence-corrected chi connectivity index (χ1v) is 8.40. The van der Waals surface area contributed by atoms with E-state index in [2.05, 4.69) is 5.32 Å². The summed E-state index contributed by atoms with van der Waals surface area (Å²) in [6.07, 6.45) is 1.84. The van der Waals surface area contributed by atoms with E-state index in [0.29, 0.717) is 24.5 Å². The minimum absolute atomic E-state index is 0.0974. The highest BCUT2D eigenvalue weighted by Crippen LogP contribution is 2.22. The van der Waals surface area contributed by atoms with Gasteiger partial charge in [-0.15, -0.1) is 0 Å². The predicted octanol–water partition coefficient (Wildman–Crippen LogP) is 2.62. The van der Waals surface area contributed by atoms with Crippen molar-refractivity contribution >= 4 is 17.5 Å². The molecule has 0 radical (unpaired) electrons. The molecular weight excluding hydrogens is 318 g/mol. The second-order valence-electron chi connectivity index (χ2n) is 6.63. The van der Waals surface area contributed by atoms with E-state index in [-0.39, 0.29) is 17.7 Å². The number of nitrogens with zero attached hydrogens (tertiary/aromatic N) is 2. The summed E-state index contributed by atoms with van der Waals surface area (Å²) in [5, 5.41) is 2.91. The number of aromatic nitrogens is 1. The fraction of sp³-hybridized carbons (Fsp3) is 0.368. The number of hydrogen-bond acceptors (Lipinski definition) is 3. The molecule has 0 saturated heterocycles. The molecule has 2 aromatic rings. The summed E-state index contributed by atoms with van der Waals surface area (Å²) in [4.78, 5) is 27.3. The van der Waals surface area contributed by atoms with Crippen molar-refractivity contribution in [3.63, 3.8) is 0 Å². The zero-order valence-electron chi connectivity index (χ0n) is 14.7. The van der Waals surface area contributed by atoms with Gasteiger partial charge in [0.2, 0.25) is 5.91 Å². The highest BCUT2D eigenvalue weighted by atomic mass is 16.5. The molecular formula is C19H23N3O3. The van der Waals surface area contributed by atoms with Crippen LogP contribution in [0.15, 0.2) is 42.6 Å². The molecule has 0 fully saturated rings. The Kier molecular flexibility index (Phi) is 4.79. The number of ether oxygens (including phenoxy) is 1. The van der Waals surface area contributed by atoms with Crippen molar-refractivity contribution in [2.24, 2.45) is 5.92 Å². The van der Waals surface area contributed by atoms with Gasteiger partial charge < -0.3 is 19.5 Å². The zero-order valence-corrected chi connectivity index (χ0v) is 14.7. The number of carbonyl (C=O) groups excluding carboxylic acids is 2. The van der Waals surface area contributed by atoms with E-state index >= 15 is 0 Å². The third kappa shape index (κ3) is 3.52. The van der Waals surface area contributed by atoms with Gasteiger partial charge in [0.25, 0.3) is 5.91 Å². The van der Waals surface area contributed by atoms with E-state index < -0.39 is 6.04 Å². The van der Waals surface area contributed by atoms with E-state index in [0.717, 1.165) is 5.75 Å². The van der Waals surface area contributed by atoms with Crippen LogP contribution in [0, 0.1) is 5.92 Å². The molecule has 1 aliphatic rings. The van der Waals surface area contributed by atoms with Gasteiger partial charge >= 0.3 is 0 Å². The third-order valence-electron chi connectivity index (χ3n) is 4.28. The Morgan fingerprint density at radius 1 is 1.28 bits per heavy atom. The van der Waals surface area contributed by atoms with Crippen LogP contribution in [-0.2, 0) is 11.3 Å². The van der Waals surface area contributed by atoms with Gasteiger partial charge in [-0.05, 0) is 42.3 Å². The average Bonchev–Trinajstić information content (AvgIpc) is 3.06. The molecule has 0 spiro atoms. The van der Waals surface area contributed by atoms with Crippen LogP contribution in [0.2, 0.25) is 0 Å². The number of amides is 2.